The molecule has 0 aliphatic rings. The molecule has 0 fully saturated rings. The van der Waals surface area contributed by atoms with Crippen LogP contribution in [0, 0.1) is 6.92 Å². The highest BCUT2D eigenvalue weighted by atomic mass is 32.1. The van der Waals surface area contributed by atoms with E-state index in [1.165, 1.54) is 27.9 Å². The number of ether oxygens (including phenoxy) is 2. The number of nitrogens with one attached hydrogen (secondary N) is 1. The Morgan fingerprint density at radius 3 is 2.77 bits per heavy atom. The quantitative estimate of drug-likeness (QED) is 0.314. The molecule has 0 aliphatic carbocycles. The predicted octanol–water partition coefficient (Wildman–Crippen LogP) is 5.56. The van der Waals surface area contributed by atoms with E-state index in [1.807, 2.05) is 29.8 Å². The Morgan fingerprint density at radius 1 is 1.17 bits per heavy atom. The normalized spacial score (nSPS) is 11.3. The number of aryl methyl sites for hydroxylation is 1. The van der Waals surface area contributed by atoms with Crippen LogP contribution in [-0.4, -0.2) is 30.0 Å². The van der Waals surface area contributed by atoms with E-state index in [9.17, 15) is 0 Å². The van der Waals surface area contributed by atoms with Crippen molar-refractivity contribution in [3.8, 4) is 22.8 Å². The number of hydrazone groups is 1. The SMILES string of the molecule is CCn1c(C)c(/C=N\Nc2nc(-c3ccc(OC)cc3OC)cs2)c2ccccc21. The number of benzene rings is 2. The van der Waals surface area contributed by atoms with E-state index >= 15 is 0 Å². The lowest BCUT2D eigenvalue weighted by Gasteiger charge is -2.08. The number of methoxy groups -OCH3 is 2. The molecule has 2 aromatic heterocycles. The summed E-state index contributed by atoms with van der Waals surface area (Å²) >= 11 is 1.50. The van der Waals surface area contributed by atoms with Gasteiger partial charge in [-0.2, -0.15) is 5.10 Å². The molecule has 4 aromatic rings. The second-order valence-electron chi connectivity index (χ2n) is 6.73. The lowest BCUT2D eigenvalue weighted by molar-refractivity contribution is 0.395. The third kappa shape index (κ3) is 3.64. The number of para-hydroxylation sites is 1. The minimum Gasteiger partial charge on any atom is -0.497 e. The van der Waals surface area contributed by atoms with E-state index in [0.717, 1.165) is 40.0 Å². The van der Waals surface area contributed by atoms with Crippen molar-refractivity contribution in [2.75, 3.05) is 19.6 Å². The molecule has 6 nitrogen and oxygen atoms in total. The fourth-order valence-corrected chi connectivity index (χ4v) is 4.30. The van der Waals surface area contributed by atoms with Gasteiger partial charge in [-0.05, 0) is 32.0 Å². The van der Waals surface area contributed by atoms with Crippen LogP contribution in [-0.2, 0) is 6.54 Å². The first-order valence-electron chi connectivity index (χ1n) is 9.71. The minimum absolute atomic E-state index is 0.719. The van der Waals surface area contributed by atoms with Gasteiger partial charge in [0.25, 0.3) is 0 Å². The van der Waals surface area contributed by atoms with Gasteiger partial charge in [0.2, 0.25) is 5.13 Å². The molecular formula is C23H24N4O2S. The number of anilines is 1. The summed E-state index contributed by atoms with van der Waals surface area (Å²) in [6.07, 6.45) is 1.87. The first kappa shape index (κ1) is 20.0. The summed E-state index contributed by atoms with van der Waals surface area (Å²) in [4.78, 5) is 4.65. The van der Waals surface area contributed by atoms with Gasteiger partial charge >= 0.3 is 0 Å². The molecule has 2 aromatic carbocycles. The van der Waals surface area contributed by atoms with Crippen molar-refractivity contribution in [1.29, 1.82) is 0 Å². The monoisotopic (exact) mass is 420 g/mol. The van der Waals surface area contributed by atoms with Gasteiger partial charge < -0.3 is 14.0 Å². The van der Waals surface area contributed by atoms with Gasteiger partial charge in [0.05, 0.1) is 26.1 Å². The first-order valence-corrected chi connectivity index (χ1v) is 10.6. The standard InChI is InChI=1S/C23H24N4O2S/c1-5-27-15(2)19(17-8-6-7-9-21(17)27)13-24-26-23-25-20(14-30-23)18-11-10-16(28-3)12-22(18)29-4/h6-14H,5H2,1-4H3,(H,25,26)/b24-13-. The largest absolute Gasteiger partial charge is 0.497 e. The summed E-state index contributed by atoms with van der Waals surface area (Å²) < 4.78 is 13.1. The van der Waals surface area contributed by atoms with Gasteiger partial charge in [0.15, 0.2) is 0 Å². The van der Waals surface area contributed by atoms with E-state index in [0.29, 0.717) is 0 Å². The Balaban J connectivity index is 1.57. The minimum atomic E-state index is 0.719. The molecule has 7 heteroatoms. The average Bonchev–Trinajstić information content (AvgIpc) is 3.35. The Morgan fingerprint density at radius 2 is 2.00 bits per heavy atom. The van der Waals surface area contributed by atoms with Crippen LogP contribution < -0.4 is 14.9 Å². The Kier molecular flexibility index (Phi) is 5.72. The van der Waals surface area contributed by atoms with Crippen molar-refractivity contribution in [1.82, 2.24) is 9.55 Å². The van der Waals surface area contributed by atoms with E-state index in [1.54, 1.807) is 14.2 Å². The van der Waals surface area contributed by atoms with Crippen molar-refractivity contribution in [2.45, 2.75) is 20.4 Å². The second kappa shape index (κ2) is 8.59. The summed E-state index contributed by atoms with van der Waals surface area (Å²) in [6.45, 7) is 5.21. The summed E-state index contributed by atoms with van der Waals surface area (Å²) in [7, 11) is 3.28. The Hall–Kier alpha value is -3.32. The topological polar surface area (TPSA) is 60.7 Å². The molecule has 0 saturated heterocycles. The van der Waals surface area contributed by atoms with Crippen LogP contribution in [0.25, 0.3) is 22.2 Å². The molecule has 4 rings (SSSR count). The number of thiazole rings is 1. The van der Waals surface area contributed by atoms with Gasteiger partial charge in [0.1, 0.15) is 11.5 Å². The Labute approximate surface area is 179 Å². The highest BCUT2D eigenvalue weighted by Crippen LogP contribution is 2.34. The summed E-state index contributed by atoms with van der Waals surface area (Å²) in [6, 6.07) is 14.1. The number of aromatic nitrogens is 2. The number of hydrogen-bond acceptors (Lipinski definition) is 6. The van der Waals surface area contributed by atoms with Gasteiger partial charge in [-0.1, -0.05) is 18.2 Å². The highest BCUT2D eigenvalue weighted by molar-refractivity contribution is 7.14. The molecule has 154 valence electrons. The van der Waals surface area contributed by atoms with Crippen LogP contribution in [0.4, 0.5) is 5.13 Å². The maximum absolute atomic E-state index is 5.49. The molecular weight excluding hydrogens is 396 g/mol. The van der Waals surface area contributed by atoms with Gasteiger partial charge in [-0.3, -0.25) is 5.43 Å². The van der Waals surface area contributed by atoms with Crippen LogP contribution >= 0.6 is 11.3 Å². The number of fused-ring (bicyclic) bond motifs is 1. The first-order chi connectivity index (χ1) is 14.7. The van der Waals surface area contributed by atoms with E-state index in [4.69, 9.17) is 9.47 Å². The maximum atomic E-state index is 5.49. The molecule has 0 unspecified atom stereocenters. The fourth-order valence-electron chi connectivity index (χ4n) is 3.64. The molecule has 1 N–H and O–H groups in total. The third-order valence-corrected chi connectivity index (χ3v) is 5.89. The number of hydrogen-bond donors (Lipinski definition) is 1. The lowest BCUT2D eigenvalue weighted by Crippen LogP contribution is -1.97. The average molecular weight is 421 g/mol. The smallest absolute Gasteiger partial charge is 0.203 e. The van der Waals surface area contributed by atoms with E-state index in [-0.39, 0.29) is 0 Å². The molecule has 0 radical (unpaired) electrons. The van der Waals surface area contributed by atoms with E-state index < -0.39 is 0 Å². The molecule has 0 saturated carbocycles. The summed E-state index contributed by atoms with van der Waals surface area (Å²) in [5, 5.41) is 8.36. The molecule has 2 heterocycles. The molecule has 0 bridgehead atoms. The molecule has 0 amide bonds. The highest BCUT2D eigenvalue weighted by Gasteiger charge is 2.12. The van der Waals surface area contributed by atoms with Crippen LogP contribution in [0.3, 0.4) is 0 Å². The van der Waals surface area contributed by atoms with Crippen LogP contribution in [0.2, 0.25) is 0 Å². The molecule has 0 atom stereocenters. The second-order valence-corrected chi connectivity index (χ2v) is 7.59. The zero-order chi connectivity index (χ0) is 21.1. The van der Waals surface area contributed by atoms with Crippen molar-refractivity contribution in [3.05, 3.63) is 59.1 Å². The van der Waals surface area contributed by atoms with Crippen molar-refractivity contribution in [2.24, 2.45) is 5.10 Å². The van der Waals surface area contributed by atoms with Crippen LogP contribution in [0.15, 0.2) is 52.9 Å². The zero-order valence-corrected chi connectivity index (χ0v) is 18.3. The van der Waals surface area contributed by atoms with Crippen molar-refractivity contribution >= 4 is 33.6 Å². The fraction of sp³-hybridized carbons (Fsp3) is 0.217. The van der Waals surface area contributed by atoms with Gasteiger partial charge in [-0.25, -0.2) is 4.98 Å². The number of nitrogens with zero attached hydrogens (tertiary/aromatic N) is 3. The van der Waals surface area contributed by atoms with Crippen LogP contribution in [0.1, 0.15) is 18.2 Å². The van der Waals surface area contributed by atoms with Crippen molar-refractivity contribution < 1.29 is 9.47 Å². The van der Waals surface area contributed by atoms with Gasteiger partial charge in [-0.15, -0.1) is 11.3 Å². The number of rotatable bonds is 7. The van der Waals surface area contributed by atoms with Crippen molar-refractivity contribution in [3.63, 3.8) is 0 Å². The Bertz CT molecular complexity index is 1210. The molecule has 30 heavy (non-hydrogen) atoms. The summed E-state index contributed by atoms with van der Waals surface area (Å²) in [5.41, 5.74) is 8.35. The maximum Gasteiger partial charge on any atom is 0.203 e. The third-order valence-electron chi connectivity index (χ3n) is 5.14. The predicted molar refractivity (Wildman–Crippen MR) is 124 cm³/mol. The van der Waals surface area contributed by atoms with Gasteiger partial charge in [0, 0.05) is 45.7 Å². The molecule has 0 spiro atoms. The van der Waals surface area contributed by atoms with Crippen LogP contribution in [0.5, 0.6) is 11.5 Å². The summed E-state index contributed by atoms with van der Waals surface area (Å²) in [5.74, 6) is 1.47. The van der Waals surface area contributed by atoms with E-state index in [2.05, 4.69) is 58.2 Å². The lowest BCUT2D eigenvalue weighted by atomic mass is 10.1. The molecule has 0 aliphatic heterocycles. The zero-order valence-electron chi connectivity index (χ0n) is 17.5.